The molecule has 20 heavy (non-hydrogen) atoms. The summed E-state index contributed by atoms with van der Waals surface area (Å²) in [5.41, 5.74) is 1.78. The molecule has 0 aromatic carbocycles. The molecule has 0 atom stereocenters. The van der Waals surface area contributed by atoms with Crippen LogP contribution in [0.3, 0.4) is 0 Å². The maximum Gasteiger partial charge on any atom is 0.138 e. The van der Waals surface area contributed by atoms with E-state index in [4.69, 9.17) is 4.74 Å². The van der Waals surface area contributed by atoms with Gasteiger partial charge in [0.25, 0.3) is 0 Å². The Balaban J connectivity index is 2.31. The average molecular weight is 272 g/mol. The molecule has 0 unspecified atom stereocenters. The van der Waals surface area contributed by atoms with Crippen LogP contribution >= 0.6 is 0 Å². The summed E-state index contributed by atoms with van der Waals surface area (Å²) in [6.45, 7) is 7.48. The molecule has 0 radical (unpaired) electrons. The van der Waals surface area contributed by atoms with Crippen molar-refractivity contribution in [1.82, 2.24) is 15.0 Å². The van der Waals surface area contributed by atoms with Gasteiger partial charge in [0.15, 0.2) is 0 Å². The van der Waals surface area contributed by atoms with Crippen LogP contribution < -0.4 is 10.1 Å². The number of hydrogen-bond acceptors (Lipinski definition) is 5. The Labute approximate surface area is 119 Å². The van der Waals surface area contributed by atoms with Crippen molar-refractivity contribution in [3.8, 4) is 17.0 Å². The highest BCUT2D eigenvalue weighted by molar-refractivity contribution is 5.63. The van der Waals surface area contributed by atoms with Crippen LogP contribution in [0.25, 0.3) is 11.3 Å². The number of aromatic nitrogens is 3. The molecule has 5 nitrogen and oxygen atoms in total. The van der Waals surface area contributed by atoms with E-state index < -0.39 is 0 Å². The number of hydrogen-bond donors (Lipinski definition) is 1. The predicted octanol–water partition coefficient (Wildman–Crippen LogP) is 3.07. The van der Waals surface area contributed by atoms with Crippen LogP contribution in [0.5, 0.6) is 5.75 Å². The molecular formula is C15H20N4O. The molecular weight excluding hydrogens is 252 g/mol. The van der Waals surface area contributed by atoms with Crippen molar-refractivity contribution < 1.29 is 4.74 Å². The fourth-order valence-electron chi connectivity index (χ4n) is 1.86. The second-order valence-corrected chi connectivity index (χ2v) is 4.45. The molecule has 0 bridgehead atoms. The van der Waals surface area contributed by atoms with Crippen molar-refractivity contribution in [1.29, 1.82) is 0 Å². The lowest BCUT2D eigenvalue weighted by Gasteiger charge is -2.09. The highest BCUT2D eigenvalue weighted by Crippen LogP contribution is 2.22. The van der Waals surface area contributed by atoms with E-state index in [9.17, 15) is 0 Å². The van der Waals surface area contributed by atoms with E-state index in [1.165, 1.54) is 0 Å². The van der Waals surface area contributed by atoms with Gasteiger partial charge >= 0.3 is 0 Å². The van der Waals surface area contributed by atoms with Crippen molar-refractivity contribution in [3.63, 3.8) is 0 Å². The number of anilines is 1. The minimum absolute atomic E-state index is 0.622. The van der Waals surface area contributed by atoms with E-state index in [0.717, 1.165) is 41.6 Å². The van der Waals surface area contributed by atoms with Gasteiger partial charge in [-0.25, -0.2) is 9.97 Å². The van der Waals surface area contributed by atoms with E-state index in [1.54, 1.807) is 12.4 Å². The smallest absolute Gasteiger partial charge is 0.138 e. The first-order chi connectivity index (χ1) is 9.72. The number of nitrogens with zero attached hydrogens (tertiary/aromatic N) is 3. The van der Waals surface area contributed by atoms with Crippen LogP contribution in [0, 0.1) is 6.92 Å². The lowest BCUT2D eigenvalue weighted by molar-refractivity contribution is 0.339. The molecule has 0 amide bonds. The Morgan fingerprint density at radius 2 is 2.00 bits per heavy atom. The zero-order valence-electron chi connectivity index (χ0n) is 12.2. The fourth-order valence-corrected chi connectivity index (χ4v) is 1.86. The Morgan fingerprint density at radius 3 is 2.75 bits per heavy atom. The van der Waals surface area contributed by atoms with Crippen LogP contribution in [-0.2, 0) is 0 Å². The molecule has 0 aliphatic carbocycles. The Hall–Kier alpha value is -2.17. The van der Waals surface area contributed by atoms with Gasteiger partial charge < -0.3 is 10.1 Å². The second kappa shape index (κ2) is 6.84. The Morgan fingerprint density at radius 1 is 1.15 bits per heavy atom. The van der Waals surface area contributed by atoms with E-state index in [-0.39, 0.29) is 0 Å². The van der Waals surface area contributed by atoms with E-state index in [2.05, 4.69) is 27.2 Å². The van der Waals surface area contributed by atoms with E-state index in [1.807, 2.05) is 26.0 Å². The van der Waals surface area contributed by atoms with Gasteiger partial charge in [-0.15, -0.1) is 0 Å². The Kier molecular flexibility index (Phi) is 4.87. The third kappa shape index (κ3) is 3.66. The maximum atomic E-state index is 5.47. The second-order valence-electron chi connectivity index (χ2n) is 4.45. The van der Waals surface area contributed by atoms with Crippen molar-refractivity contribution >= 4 is 5.82 Å². The van der Waals surface area contributed by atoms with Crippen molar-refractivity contribution in [2.24, 2.45) is 0 Å². The summed E-state index contributed by atoms with van der Waals surface area (Å²) in [4.78, 5) is 13.0. The largest absolute Gasteiger partial charge is 0.492 e. The summed E-state index contributed by atoms with van der Waals surface area (Å²) in [5, 5.41) is 3.28. The highest BCUT2D eigenvalue weighted by Gasteiger charge is 2.06. The molecule has 0 aliphatic rings. The van der Waals surface area contributed by atoms with Crippen LogP contribution in [0.15, 0.2) is 24.5 Å². The molecule has 0 spiro atoms. The minimum atomic E-state index is 0.622. The van der Waals surface area contributed by atoms with Crippen molar-refractivity contribution in [2.45, 2.75) is 27.2 Å². The zero-order valence-corrected chi connectivity index (χ0v) is 12.2. The van der Waals surface area contributed by atoms with Crippen molar-refractivity contribution in [2.75, 3.05) is 18.5 Å². The van der Waals surface area contributed by atoms with Crippen molar-refractivity contribution in [3.05, 3.63) is 30.4 Å². The first kappa shape index (κ1) is 14.2. The molecule has 2 rings (SSSR count). The Bertz CT molecular complexity index is 572. The molecule has 1 N–H and O–H groups in total. The summed E-state index contributed by atoms with van der Waals surface area (Å²) in [7, 11) is 0. The molecule has 0 aliphatic heterocycles. The SMILES string of the molecule is CCCNc1cc(-c2cncc(OCC)c2)nc(C)n1. The van der Waals surface area contributed by atoms with Gasteiger partial charge in [0.05, 0.1) is 18.5 Å². The summed E-state index contributed by atoms with van der Waals surface area (Å²) in [6.07, 6.45) is 4.55. The van der Waals surface area contributed by atoms with Gasteiger partial charge in [-0.1, -0.05) is 6.92 Å². The standard InChI is InChI=1S/C15H20N4O/c1-4-6-17-15-8-14(18-11(3)19-15)12-7-13(20-5-2)10-16-9-12/h7-10H,4-6H2,1-3H3,(H,17,18,19). The van der Waals surface area contributed by atoms with Gasteiger partial charge in [-0.2, -0.15) is 0 Å². The lowest BCUT2D eigenvalue weighted by atomic mass is 10.2. The molecule has 2 heterocycles. The van der Waals surface area contributed by atoms with E-state index in [0.29, 0.717) is 6.61 Å². The van der Waals surface area contributed by atoms with Gasteiger partial charge in [-0.05, 0) is 26.3 Å². The summed E-state index contributed by atoms with van der Waals surface area (Å²) < 4.78 is 5.47. The summed E-state index contributed by atoms with van der Waals surface area (Å²) in [5.74, 6) is 2.34. The lowest BCUT2D eigenvalue weighted by Crippen LogP contribution is -2.04. The number of nitrogens with one attached hydrogen (secondary N) is 1. The van der Waals surface area contributed by atoms with Gasteiger partial charge in [0.1, 0.15) is 17.4 Å². The normalized spacial score (nSPS) is 10.3. The van der Waals surface area contributed by atoms with Gasteiger partial charge in [0, 0.05) is 24.4 Å². The summed E-state index contributed by atoms with van der Waals surface area (Å²) in [6, 6.07) is 3.89. The van der Waals surface area contributed by atoms with Gasteiger partial charge in [-0.3, -0.25) is 4.98 Å². The highest BCUT2D eigenvalue weighted by atomic mass is 16.5. The average Bonchev–Trinajstić information content (AvgIpc) is 2.45. The number of rotatable bonds is 6. The molecule has 2 aromatic rings. The molecule has 2 aromatic heterocycles. The third-order valence-electron chi connectivity index (χ3n) is 2.71. The quantitative estimate of drug-likeness (QED) is 0.875. The molecule has 0 saturated heterocycles. The third-order valence-corrected chi connectivity index (χ3v) is 2.71. The van der Waals surface area contributed by atoms with Crippen LogP contribution in [0.2, 0.25) is 0 Å². The van der Waals surface area contributed by atoms with Gasteiger partial charge in [0.2, 0.25) is 0 Å². The number of pyridine rings is 1. The van der Waals surface area contributed by atoms with E-state index >= 15 is 0 Å². The topological polar surface area (TPSA) is 59.9 Å². The maximum absolute atomic E-state index is 5.47. The van der Waals surface area contributed by atoms with Crippen LogP contribution in [0.1, 0.15) is 26.1 Å². The monoisotopic (exact) mass is 272 g/mol. The molecule has 5 heteroatoms. The molecule has 106 valence electrons. The fraction of sp³-hybridized carbons (Fsp3) is 0.400. The first-order valence-corrected chi connectivity index (χ1v) is 6.90. The first-order valence-electron chi connectivity index (χ1n) is 6.90. The molecule has 0 saturated carbocycles. The number of aryl methyl sites for hydroxylation is 1. The molecule has 0 fully saturated rings. The van der Waals surface area contributed by atoms with Crippen LogP contribution in [-0.4, -0.2) is 28.1 Å². The van der Waals surface area contributed by atoms with Crippen LogP contribution in [0.4, 0.5) is 5.82 Å². The zero-order chi connectivity index (χ0) is 14.4. The predicted molar refractivity (Wildman–Crippen MR) is 79.9 cm³/mol. The number of ether oxygens (including phenoxy) is 1. The summed E-state index contributed by atoms with van der Waals surface area (Å²) >= 11 is 0. The minimum Gasteiger partial charge on any atom is -0.492 e.